The van der Waals surface area contributed by atoms with Crippen LogP contribution in [0.5, 0.6) is 0 Å². The summed E-state index contributed by atoms with van der Waals surface area (Å²) in [6.07, 6.45) is 2.27. The molecule has 1 saturated heterocycles. The molecule has 0 radical (unpaired) electrons. The third-order valence-corrected chi connectivity index (χ3v) is 3.31. The first-order chi connectivity index (χ1) is 7.06. The highest BCUT2D eigenvalue weighted by molar-refractivity contribution is 5.78. The topological polar surface area (TPSA) is 49.6 Å². The Hall–Kier alpha value is -0.610. The lowest BCUT2D eigenvalue weighted by Crippen LogP contribution is -2.51. The van der Waals surface area contributed by atoms with Crippen molar-refractivity contribution in [2.45, 2.75) is 38.8 Å². The van der Waals surface area contributed by atoms with Gasteiger partial charge < -0.3 is 10.6 Å². The van der Waals surface area contributed by atoms with Crippen molar-refractivity contribution in [1.29, 1.82) is 0 Å². The fourth-order valence-electron chi connectivity index (χ4n) is 2.06. The molecule has 0 bridgehead atoms. The molecule has 1 aliphatic heterocycles. The molecule has 0 spiro atoms. The molecular formula is C11H23N3O. The standard InChI is InChI=1S/C11H23N3O/c1-9(2)13(3)10-5-4-6-14(8-10)11(15)7-12/h9-10H,4-8,12H2,1-3H3/t10-/m0/s1. The summed E-state index contributed by atoms with van der Waals surface area (Å²) in [4.78, 5) is 15.7. The van der Waals surface area contributed by atoms with Crippen LogP contribution in [-0.2, 0) is 4.79 Å². The Morgan fingerprint density at radius 1 is 1.60 bits per heavy atom. The van der Waals surface area contributed by atoms with Crippen molar-refractivity contribution in [3.8, 4) is 0 Å². The molecule has 1 amide bonds. The SMILES string of the molecule is CC(C)N(C)[C@H]1CCCN(C(=O)CN)C1. The van der Waals surface area contributed by atoms with Gasteiger partial charge in [0.25, 0.3) is 0 Å². The van der Waals surface area contributed by atoms with E-state index in [-0.39, 0.29) is 12.5 Å². The molecule has 0 aliphatic carbocycles. The number of carbonyl (C=O) groups excluding carboxylic acids is 1. The molecule has 1 atom stereocenters. The maximum absolute atomic E-state index is 11.5. The second-order valence-corrected chi connectivity index (χ2v) is 4.60. The molecule has 0 aromatic heterocycles. The highest BCUT2D eigenvalue weighted by Gasteiger charge is 2.26. The number of hydrogen-bond donors (Lipinski definition) is 1. The number of piperidine rings is 1. The van der Waals surface area contributed by atoms with Crippen LogP contribution in [0.2, 0.25) is 0 Å². The number of hydrogen-bond acceptors (Lipinski definition) is 3. The summed E-state index contributed by atoms with van der Waals surface area (Å²) < 4.78 is 0. The zero-order chi connectivity index (χ0) is 11.4. The molecular weight excluding hydrogens is 190 g/mol. The maximum Gasteiger partial charge on any atom is 0.236 e. The minimum atomic E-state index is 0.0804. The van der Waals surface area contributed by atoms with Crippen LogP contribution in [0.4, 0.5) is 0 Å². The minimum absolute atomic E-state index is 0.0804. The molecule has 2 N–H and O–H groups in total. The summed E-state index contributed by atoms with van der Waals surface area (Å²) in [6, 6.07) is 1.03. The smallest absolute Gasteiger partial charge is 0.236 e. The summed E-state index contributed by atoms with van der Waals surface area (Å²) in [7, 11) is 2.13. The van der Waals surface area contributed by atoms with Gasteiger partial charge in [-0.3, -0.25) is 9.69 Å². The lowest BCUT2D eigenvalue weighted by Gasteiger charge is -2.39. The van der Waals surface area contributed by atoms with Gasteiger partial charge in [0.1, 0.15) is 0 Å². The first-order valence-electron chi connectivity index (χ1n) is 5.76. The van der Waals surface area contributed by atoms with Crippen LogP contribution >= 0.6 is 0 Å². The van der Waals surface area contributed by atoms with Crippen LogP contribution in [-0.4, -0.2) is 54.5 Å². The van der Waals surface area contributed by atoms with E-state index in [9.17, 15) is 4.79 Å². The number of likely N-dealkylation sites (tertiary alicyclic amines) is 1. The number of nitrogens with two attached hydrogens (primary N) is 1. The van der Waals surface area contributed by atoms with E-state index in [0.29, 0.717) is 12.1 Å². The summed E-state index contributed by atoms with van der Waals surface area (Å²) in [5, 5.41) is 0. The first kappa shape index (κ1) is 12.5. The minimum Gasteiger partial charge on any atom is -0.340 e. The van der Waals surface area contributed by atoms with Crippen molar-refractivity contribution in [3.05, 3.63) is 0 Å². The Labute approximate surface area is 92.4 Å². The third-order valence-electron chi connectivity index (χ3n) is 3.31. The van der Waals surface area contributed by atoms with E-state index < -0.39 is 0 Å². The predicted octanol–water partition coefficient (Wildman–Crippen LogP) is 0.276. The van der Waals surface area contributed by atoms with Gasteiger partial charge in [0.15, 0.2) is 0 Å². The van der Waals surface area contributed by atoms with Crippen LogP contribution in [0.3, 0.4) is 0 Å². The number of amides is 1. The fourth-order valence-corrected chi connectivity index (χ4v) is 2.06. The molecule has 0 unspecified atom stereocenters. The van der Waals surface area contributed by atoms with E-state index in [1.54, 1.807) is 0 Å². The normalized spacial score (nSPS) is 22.5. The van der Waals surface area contributed by atoms with Crippen molar-refractivity contribution in [2.75, 3.05) is 26.7 Å². The highest BCUT2D eigenvalue weighted by Crippen LogP contribution is 2.16. The second-order valence-electron chi connectivity index (χ2n) is 4.60. The Morgan fingerprint density at radius 2 is 2.27 bits per heavy atom. The summed E-state index contributed by atoms with van der Waals surface area (Å²) in [5.41, 5.74) is 5.38. The summed E-state index contributed by atoms with van der Waals surface area (Å²) >= 11 is 0. The molecule has 1 rings (SSSR count). The molecule has 0 saturated carbocycles. The lowest BCUT2D eigenvalue weighted by molar-refractivity contribution is -0.131. The van der Waals surface area contributed by atoms with Gasteiger partial charge in [-0.25, -0.2) is 0 Å². The Morgan fingerprint density at radius 3 is 2.80 bits per heavy atom. The van der Waals surface area contributed by atoms with Crippen molar-refractivity contribution < 1.29 is 4.79 Å². The second kappa shape index (κ2) is 5.47. The number of carbonyl (C=O) groups is 1. The average molecular weight is 213 g/mol. The monoisotopic (exact) mass is 213 g/mol. The number of nitrogens with zero attached hydrogens (tertiary/aromatic N) is 2. The highest BCUT2D eigenvalue weighted by atomic mass is 16.2. The molecule has 88 valence electrons. The van der Waals surface area contributed by atoms with Gasteiger partial charge in [-0.2, -0.15) is 0 Å². The summed E-state index contributed by atoms with van der Waals surface area (Å²) in [5.74, 6) is 0.0804. The molecule has 1 aliphatic rings. The van der Waals surface area contributed by atoms with Crippen LogP contribution < -0.4 is 5.73 Å². The fraction of sp³-hybridized carbons (Fsp3) is 0.909. The van der Waals surface area contributed by atoms with E-state index in [1.165, 1.54) is 6.42 Å². The van der Waals surface area contributed by atoms with Gasteiger partial charge in [0, 0.05) is 25.2 Å². The van der Waals surface area contributed by atoms with E-state index in [1.807, 2.05) is 4.90 Å². The van der Waals surface area contributed by atoms with Crippen molar-refractivity contribution in [1.82, 2.24) is 9.80 Å². The van der Waals surface area contributed by atoms with Crippen LogP contribution in [0, 0.1) is 0 Å². The van der Waals surface area contributed by atoms with E-state index in [4.69, 9.17) is 5.73 Å². The van der Waals surface area contributed by atoms with Crippen LogP contribution in [0.25, 0.3) is 0 Å². The first-order valence-corrected chi connectivity index (χ1v) is 5.76. The van der Waals surface area contributed by atoms with E-state index in [2.05, 4.69) is 25.8 Å². The van der Waals surface area contributed by atoms with Gasteiger partial charge in [-0.05, 0) is 33.7 Å². The summed E-state index contributed by atoms with van der Waals surface area (Å²) in [6.45, 7) is 6.22. The quantitative estimate of drug-likeness (QED) is 0.732. The zero-order valence-corrected chi connectivity index (χ0v) is 10.1. The van der Waals surface area contributed by atoms with Crippen molar-refractivity contribution in [3.63, 3.8) is 0 Å². The Bertz CT molecular complexity index is 218. The Kier molecular flexibility index (Phi) is 4.54. The van der Waals surface area contributed by atoms with Gasteiger partial charge in [-0.15, -0.1) is 0 Å². The molecule has 15 heavy (non-hydrogen) atoms. The molecule has 0 aromatic rings. The molecule has 1 heterocycles. The van der Waals surface area contributed by atoms with Crippen LogP contribution in [0.1, 0.15) is 26.7 Å². The van der Waals surface area contributed by atoms with Gasteiger partial charge >= 0.3 is 0 Å². The zero-order valence-electron chi connectivity index (χ0n) is 10.1. The van der Waals surface area contributed by atoms with E-state index >= 15 is 0 Å². The van der Waals surface area contributed by atoms with Crippen molar-refractivity contribution in [2.24, 2.45) is 5.73 Å². The Balaban J connectivity index is 2.52. The molecule has 1 fully saturated rings. The molecule has 0 aromatic carbocycles. The van der Waals surface area contributed by atoms with E-state index in [0.717, 1.165) is 19.5 Å². The van der Waals surface area contributed by atoms with Crippen LogP contribution in [0.15, 0.2) is 0 Å². The largest absolute Gasteiger partial charge is 0.340 e. The molecule has 4 nitrogen and oxygen atoms in total. The predicted molar refractivity (Wildman–Crippen MR) is 61.6 cm³/mol. The molecule has 4 heteroatoms. The van der Waals surface area contributed by atoms with Crippen molar-refractivity contribution >= 4 is 5.91 Å². The van der Waals surface area contributed by atoms with Gasteiger partial charge in [0.2, 0.25) is 5.91 Å². The average Bonchev–Trinajstić information content (AvgIpc) is 2.27. The van der Waals surface area contributed by atoms with Gasteiger partial charge in [-0.1, -0.05) is 0 Å². The third kappa shape index (κ3) is 3.18. The number of rotatable bonds is 3. The lowest BCUT2D eigenvalue weighted by atomic mass is 10.0. The number of likely N-dealkylation sites (N-methyl/N-ethyl adjacent to an activating group) is 1. The maximum atomic E-state index is 11.5. The van der Waals surface area contributed by atoms with Gasteiger partial charge in [0.05, 0.1) is 6.54 Å².